The summed E-state index contributed by atoms with van der Waals surface area (Å²) >= 11 is 1.55. The Morgan fingerprint density at radius 2 is 2.17 bits per heavy atom. The molecule has 0 aliphatic heterocycles. The number of carbonyl (C=O) groups is 1. The third-order valence-corrected chi connectivity index (χ3v) is 4.90. The molecule has 0 aliphatic carbocycles. The molecule has 2 aromatic heterocycles. The Bertz CT molecular complexity index is 964. The van der Waals surface area contributed by atoms with E-state index >= 15 is 0 Å². The quantitative estimate of drug-likeness (QED) is 0.791. The smallest absolute Gasteiger partial charge is 0.254 e. The first-order valence-corrected chi connectivity index (χ1v) is 8.30. The van der Waals surface area contributed by atoms with E-state index in [4.69, 9.17) is 0 Å². The zero-order valence-corrected chi connectivity index (χ0v) is 14.1. The molecule has 0 saturated heterocycles. The van der Waals surface area contributed by atoms with Gasteiger partial charge in [0.15, 0.2) is 0 Å². The summed E-state index contributed by atoms with van der Waals surface area (Å²) in [4.78, 5) is 33.9. The Hall–Kier alpha value is -2.54. The van der Waals surface area contributed by atoms with Gasteiger partial charge in [-0.1, -0.05) is 0 Å². The summed E-state index contributed by atoms with van der Waals surface area (Å²) in [6.45, 7) is 2.42. The highest BCUT2D eigenvalue weighted by molar-refractivity contribution is 7.09. The number of hydrogen-bond donors (Lipinski definition) is 1. The van der Waals surface area contributed by atoms with Crippen LogP contribution in [-0.4, -0.2) is 34.4 Å². The number of rotatable bonds is 4. The zero-order valence-electron chi connectivity index (χ0n) is 13.3. The van der Waals surface area contributed by atoms with Gasteiger partial charge in [-0.05, 0) is 25.1 Å². The van der Waals surface area contributed by atoms with Crippen molar-refractivity contribution in [1.29, 1.82) is 0 Å². The van der Waals surface area contributed by atoms with E-state index < -0.39 is 5.82 Å². The molecule has 124 valence electrons. The number of nitrogens with one attached hydrogen (secondary N) is 1. The summed E-state index contributed by atoms with van der Waals surface area (Å²) in [7, 11) is 1.67. The number of halogens is 1. The van der Waals surface area contributed by atoms with E-state index in [1.807, 2.05) is 6.92 Å². The maximum absolute atomic E-state index is 13.5. The number of benzene rings is 1. The molecule has 0 atom stereocenters. The van der Waals surface area contributed by atoms with Crippen molar-refractivity contribution in [3.05, 3.63) is 62.1 Å². The minimum absolute atomic E-state index is 0.205. The van der Waals surface area contributed by atoms with E-state index in [1.54, 1.807) is 23.9 Å². The maximum atomic E-state index is 13.5. The van der Waals surface area contributed by atoms with Crippen molar-refractivity contribution < 1.29 is 9.18 Å². The number of aromatic nitrogens is 2. The van der Waals surface area contributed by atoms with Gasteiger partial charge in [-0.25, -0.2) is 9.37 Å². The van der Waals surface area contributed by atoms with E-state index in [1.165, 1.54) is 29.2 Å². The molecule has 0 radical (unpaired) electrons. The fourth-order valence-corrected chi connectivity index (χ4v) is 3.32. The molecule has 1 N–H and O–H groups in total. The molecule has 1 amide bonds. The van der Waals surface area contributed by atoms with Crippen molar-refractivity contribution >= 4 is 28.1 Å². The average molecular weight is 345 g/mol. The minimum atomic E-state index is -0.452. The topological polar surface area (TPSA) is 66.1 Å². The van der Waals surface area contributed by atoms with Crippen molar-refractivity contribution in [2.75, 3.05) is 13.6 Å². The summed E-state index contributed by atoms with van der Waals surface area (Å²) in [6.07, 6.45) is 0.689. The molecule has 0 saturated carbocycles. The number of pyridine rings is 1. The first kappa shape index (κ1) is 16.3. The zero-order chi connectivity index (χ0) is 17.3. The SMILES string of the molecule is Cc1ncsc1CCN(C)C(=O)c1cc(=O)[nH]c2ccc(F)cc12. The average Bonchev–Trinajstić information content (AvgIpc) is 2.96. The van der Waals surface area contributed by atoms with Crippen LogP contribution >= 0.6 is 11.3 Å². The van der Waals surface area contributed by atoms with Gasteiger partial charge in [-0.2, -0.15) is 0 Å². The number of hydrogen-bond acceptors (Lipinski definition) is 4. The molecule has 0 unspecified atom stereocenters. The number of aromatic amines is 1. The molecule has 7 heteroatoms. The molecule has 1 aromatic carbocycles. The Labute approximate surface area is 141 Å². The number of amides is 1. The third-order valence-electron chi connectivity index (χ3n) is 3.90. The summed E-state index contributed by atoms with van der Waals surface area (Å²) in [5, 5.41) is 0.403. The second kappa shape index (κ2) is 6.52. The largest absolute Gasteiger partial charge is 0.341 e. The summed E-state index contributed by atoms with van der Waals surface area (Å²) in [5.41, 5.74) is 3.00. The molecular weight excluding hydrogens is 329 g/mol. The van der Waals surface area contributed by atoms with Gasteiger partial charge >= 0.3 is 0 Å². The van der Waals surface area contributed by atoms with Gasteiger partial charge in [-0.3, -0.25) is 9.59 Å². The Morgan fingerprint density at radius 1 is 1.38 bits per heavy atom. The number of likely N-dealkylation sites (N-methyl/N-ethyl adjacent to an activating group) is 1. The monoisotopic (exact) mass is 345 g/mol. The van der Waals surface area contributed by atoms with E-state index in [-0.39, 0.29) is 17.0 Å². The van der Waals surface area contributed by atoms with Crippen LogP contribution in [0.1, 0.15) is 20.9 Å². The standard InChI is InChI=1S/C17H16FN3O2S/c1-10-15(24-9-19-10)5-6-21(2)17(23)13-8-16(22)20-14-4-3-11(18)7-12(13)14/h3-4,7-9H,5-6H2,1-2H3,(H,20,22). The molecule has 5 nitrogen and oxygen atoms in total. The molecule has 0 spiro atoms. The normalized spacial score (nSPS) is 11.0. The maximum Gasteiger partial charge on any atom is 0.254 e. The van der Waals surface area contributed by atoms with Gasteiger partial charge in [0.25, 0.3) is 5.91 Å². The second-order valence-corrected chi connectivity index (χ2v) is 6.51. The number of fused-ring (bicyclic) bond motifs is 1. The third kappa shape index (κ3) is 3.21. The fraction of sp³-hybridized carbons (Fsp3) is 0.235. The van der Waals surface area contributed by atoms with Crippen LogP contribution in [-0.2, 0) is 6.42 Å². The summed E-state index contributed by atoms with van der Waals surface area (Å²) < 4.78 is 13.5. The van der Waals surface area contributed by atoms with Crippen molar-refractivity contribution in [3.63, 3.8) is 0 Å². The first-order valence-electron chi connectivity index (χ1n) is 7.42. The molecule has 3 rings (SSSR count). The molecule has 3 aromatic rings. The Balaban J connectivity index is 1.89. The van der Waals surface area contributed by atoms with Crippen LogP contribution in [0, 0.1) is 12.7 Å². The Morgan fingerprint density at radius 3 is 2.88 bits per heavy atom. The van der Waals surface area contributed by atoms with Crippen LogP contribution in [0.2, 0.25) is 0 Å². The highest BCUT2D eigenvalue weighted by Gasteiger charge is 2.17. The van der Waals surface area contributed by atoms with Crippen molar-refractivity contribution in [1.82, 2.24) is 14.9 Å². The molecule has 0 fully saturated rings. The lowest BCUT2D eigenvalue weighted by molar-refractivity contribution is 0.0798. The lowest BCUT2D eigenvalue weighted by Gasteiger charge is -2.18. The fourth-order valence-electron chi connectivity index (χ4n) is 2.55. The second-order valence-electron chi connectivity index (χ2n) is 5.57. The predicted molar refractivity (Wildman–Crippen MR) is 92.0 cm³/mol. The van der Waals surface area contributed by atoms with Crippen LogP contribution in [0.4, 0.5) is 4.39 Å². The number of aryl methyl sites for hydroxylation is 1. The van der Waals surface area contributed by atoms with Gasteiger partial charge in [0, 0.05) is 41.9 Å². The molecule has 24 heavy (non-hydrogen) atoms. The van der Waals surface area contributed by atoms with Gasteiger partial charge < -0.3 is 9.88 Å². The number of nitrogens with zero attached hydrogens (tertiary/aromatic N) is 2. The molecular formula is C17H16FN3O2S. The van der Waals surface area contributed by atoms with Gasteiger partial charge in [0.05, 0.1) is 16.8 Å². The van der Waals surface area contributed by atoms with Crippen LogP contribution in [0.25, 0.3) is 10.9 Å². The minimum Gasteiger partial charge on any atom is -0.341 e. The van der Waals surface area contributed by atoms with E-state index in [0.29, 0.717) is 23.9 Å². The highest BCUT2D eigenvalue weighted by atomic mass is 32.1. The number of carbonyl (C=O) groups excluding carboxylic acids is 1. The molecule has 0 aliphatic rings. The molecule has 0 bridgehead atoms. The predicted octanol–water partition coefficient (Wildman–Crippen LogP) is 2.75. The van der Waals surface area contributed by atoms with Gasteiger partial charge in [0.2, 0.25) is 5.56 Å². The number of H-pyrrole nitrogens is 1. The Kier molecular flexibility index (Phi) is 4.44. The van der Waals surface area contributed by atoms with Crippen LogP contribution in [0.15, 0.2) is 34.6 Å². The van der Waals surface area contributed by atoms with Crippen molar-refractivity contribution in [2.45, 2.75) is 13.3 Å². The van der Waals surface area contributed by atoms with Crippen molar-refractivity contribution in [2.24, 2.45) is 0 Å². The summed E-state index contributed by atoms with van der Waals surface area (Å²) in [6, 6.07) is 5.20. The van der Waals surface area contributed by atoms with Crippen LogP contribution < -0.4 is 5.56 Å². The van der Waals surface area contributed by atoms with E-state index in [0.717, 1.165) is 10.6 Å². The van der Waals surface area contributed by atoms with Gasteiger partial charge in [0.1, 0.15) is 5.82 Å². The summed E-state index contributed by atoms with van der Waals surface area (Å²) in [5.74, 6) is -0.759. The lowest BCUT2D eigenvalue weighted by Crippen LogP contribution is -2.30. The molecule has 2 heterocycles. The van der Waals surface area contributed by atoms with E-state index in [9.17, 15) is 14.0 Å². The first-order chi connectivity index (χ1) is 11.5. The highest BCUT2D eigenvalue weighted by Crippen LogP contribution is 2.19. The van der Waals surface area contributed by atoms with Crippen LogP contribution in [0.3, 0.4) is 0 Å². The lowest BCUT2D eigenvalue weighted by atomic mass is 10.1. The number of thiazole rings is 1. The van der Waals surface area contributed by atoms with Crippen LogP contribution in [0.5, 0.6) is 0 Å². The van der Waals surface area contributed by atoms with Gasteiger partial charge in [-0.15, -0.1) is 11.3 Å². The van der Waals surface area contributed by atoms with Crippen molar-refractivity contribution in [3.8, 4) is 0 Å². The van der Waals surface area contributed by atoms with E-state index in [2.05, 4.69) is 9.97 Å².